The van der Waals surface area contributed by atoms with Crippen molar-refractivity contribution in [3.8, 4) is 5.82 Å². The van der Waals surface area contributed by atoms with Crippen molar-refractivity contribution in [2.75, 3.05) is 23.5 Å². The van der Waals surface area contributed by atoms with Crippen molar-refractivity contribution in [3.05, 3.63) is 71.6 Å². The molecule has 0 spiro atoms. The quantitative estimate of drug-likeness (QED) is 0.364. The van der Waals surface area contributed by atoms with Gasteiger partial charge in [-0.05, 0) is 36.4 Å². The molecule has 1 N–H and O–H groups in total. The molecule has 0 radical (unpaired) electrons. The predicted molar refractivity (Wildman–Crippen MR) is 132 cm³/mol. The second kappa shape index (κ2) is 8.80. The van der Waals surface area contributed by atoms with Crippen molar-refractivity contribution < 1.29 is 8.42 Å². The third-order valence-corrected chi connectivity index (χ3v) is 6.76. The van der Waals surface area contributed by atoms with Crippen LogP contribution >= 0.6 is 11.3 Å². The van der Waals surface area contributed by atoms with Crippen molar-refractivity contribution in [1.82, 2.24) is 29.5 Å². The van der Waals surface area contributed by atoms with E-state index in [4.69, 9.17) is 9.97 Å². The fraction of sp³-hybridized carbons (Fsp3) is 0.136. The molecule has 4 aromatic heterocycles. The van der Waals surface area contributed by atoms with E-state index in [2.05, 4.69) is 20.3 Å². The average Bonchev–Trinajstić information content (AvgIpc) is 3.49. The number of aromatic nitrogens is 6. The number of benzene rings is 1. The summed E-state index contributed by atoms with van der Waals surface area (Å²) in [6.45, 7) is 0.514. The normalized spacial score (nSPS) is 11.6. The first-order valence-electron chi connectivity index (χ1n) is 10.2. The summed E-state index contributed by atoms with van der Waals surface area (Å²) >= 11 is 1.48. The van der Waals surface area contributed by atoms with Gasteiger partial charge in [-0.25, -0.2) is 18.4 Å². The number of imidazole rings is 1. The van der Waals surface area contributed by atoms with Crippen LogP contribution in [0.2, 0.25) is 0 Å². The topological polar surface area (TPSA) is 119 Å². The van der Waals surface area contributed by atoms with Crippen LogP contribution in [0.25, 0.3) is 17.0 Å². The van der Waals surface area contributed by atoms with E-state index in [9.17, 15) is 8.42 Å². The largest absolute Gasteiger partial charge is 0.338 e. The Balaban J connectivity index is 1.57. The van der Waals surface area contributed by atoms with Gasteiger partial charge in [0.15, 0.2) is 32.6 Å². The summed E-state index contributed by atoms with van der Waals surface area (Å²) in [4.78, 5) is 24.9. The molecular formula is C22H20N8O2S2. The van der Waals surface area contributed by atoms with Crippen LogP contribution in [0.5, 0.6) is 0 Å². The van der Waals surface area contributed by atoms with Gasteiger partial charge in [0.2, 0.25) is 5.95 Å². The van der Waals surface area contributed by atoms with Crippen LogP contribution in [0.3, 0.4) is 0 Å². The molecule has 0 fully saturated rings. The van der Waals surface area contributed by atoms with Crippen molar-refractivity contribution in [2.45, 2.75) is 11.4 Å². The highest BCUT2D eigenvalue weighted by atomic mass is 32.2. The first kappa shape index (κ1) is 21.9. The Morgan fingerprint density at radius 2 is 1.88 bits per heavy atom. The molecule has 1 aromatic carbocycles. The molecule has 0 aliphatic rings. The number of nitrogens with zero attached hydrogens (tertiary/aromatic N) is 7. The predicted octanol–water partition coefficient (Wildman–Crippen LogP) is 3.45. The van der Waals surface area contributed by atoms with E-state index < -0.39 is 9.84 Å². The van der Waals surface area contributed by atoms with Crippen molar-refractivity contribution in [1.29, 1.82) is 0 Å². The van der Waals surface area contributed by atoms with Crippen molar-refractivity contribution >= 4 is 49.8 Å². The van der Waals surface area contributed by atoms with Gasteiger partial charge in [-0.2, -0.15) is 9.97 Å². The summed E-state index contributed by atoms with van der Waals surface area (Å²) in [6, 6.07) is 12.2. The van der Waals surface area contributed by atoms with E-state index in [1.807, 2.05) is 40.1 Å². The third kappa shape index (κ3) is 4.45. The number of hydrogen-bond donors (Lipinski definition) is 1. The lowest BCUT2D eigenvalue weighted by molar-refractivity contribution is 0.602. The minimum atomic E-state index is -3.28. The van der Waals surface area contributed by atoms with E-state index in [1.165, 1.54) is 17.6 Å². The van der Waals surface area contributed by atoms with Crippen LogP contribution in [-0.2, 0) is 16.4 Å². The molecule has 172 valence electrons. The van der Waals surface area contributed by atoms with E-state index >= 15 is 0 Å². The molecule has 5 aromatic rings. The molecule has 0 atom stereocenters. The van der Waals surface area contributed by atoms with Gasteiger partial charge in [0, 0.05) is 30.6 Å². The highest BCUT2D eigenvalue weighted by Gasteiger charge is 2.18. The molecular weight excluding hydrogens is 472 g/mol. The zero-order valence-electron chi connectivity index (χ0n) is 18.3. The standard InChI is InChI=1S/C22H20N8O2S2/c1-29(11-16-5-3-4-10-23-16)22-27-20(26-15-6-8-17(9-7-15)34(2,31)32)19-21(28-22)30(13-24-19)18-12-33-14-25-18/h3-10,12-14H,11H2,1-2H3,(H,26,27,28). The van der Waals surface area contributed by atoms with Gasteiger partial charge in [0.25, 0.3) is 0 Å². The Kier molecular flexibility index (Phi) is 5.67. The Bertz CT molecular complexity index is 1530. The second-order valence-electron chi connectivity index (χ2n) is 7.60. The Morgan fingerprint density at radius 1 is 1.06 bits per heavy atom. The first-order chi connectivity index (χ1) is 16.4. The molecule has 5 rings (SSSR count). The third-order valence-electron chi connectivity index (χ3n) is 5.06. The fourth-order valence-corrected chi connectivity index (χ4v) is 4.52. The number of thiazole rings is 1. The highest BCUT2D eigenvalue weighted by Crippen LogP contribution is 2.28. The molecule has 4 heterocycles. The first-order valence-corrected chi connectivity index (χ1v) is 13.0. The smallest absolute Gasteiger partial charge is 0.229 e. The van der Waals surface area contributed by atoms with Crippen LogP contribution in [0.4, 0.5) is 17.5 Å². The molecule has 34 heavy (non-hydrogen) atoms. The summed E-state index contributed by atoms with van der Waals surface area (Å²) in [5, 5.41) is 5.18. The number of fused-ring (bicyclic) bond motifs is 1. The van der Waals surface area contributed by atoms with Crippen LogP contribution in [-0.4, -0.2) is 51.2 Å². The van der Waals surface area contributed by atoms with Gasteiger partial charge in [-0.3, -0.25) is 9.55 Å². The summed E-state index contributed by atoms with van der Waals surface area (Å²) in [7, 11) is -1.39. The maximum atomic E-state index is 11.8. The molecule has 0 saturated heterocycles. The SMILES string of the molecule is CN(Cc1ccccn1)c1nc(Nc2ccc(S(C)(=O)=O)cc2)c2ncn(-c3cscn3)c2n1. The molecule has 0 amide bonds. The van der Waals surface area contributed by atoms with Gasteiger partial charge >= 0.3 is 0 Å². The Morgan fingerprint density at radius 3 is 2.56 bits per heavy atom. The number of pyridine rings is 1. The molecule has 0 bridgehead atoms. The number of hydrogen-bond acceptors (Lipinski definition) is 10. The zero-order chi connectivity index (χ0) is 23.7. The number of anilines is 3. The minimum Gasteiger partial charge on any atom is -0.338 e. The van der Waals surface area contributed by atoms with Crippen molar-refractivity contribution in [2.24, 2.45) is 0 Å². The Hall–Kier alpha value is -3.90. The maximum absolute atomic E-state index is 11.8. The van der Waals surface area contributed by atoms with Crippen LogP contribution in [0.15, 0.2) is 70.8 Å². The highest BCUT2D eigenvalue weighted by molar-refractivity contribution is 7.90. The summed E-state index contributed by atoms with van der Waals surface area (Å²) in [5.74, 6) is 1.69. The zero-order valence-corrected chi connectivity index (χ0v) is 20.0. The average molecular weight is 493 g/mol. The van der Waals surface area contributed by atoms with Gasteiger partial charge < -0.3 is 10.2 Å². The lowest BCUT2D eigenvalue weighted by Crippen LogP contribution is -2.20. The van der Waals surface area contributed by atoms with Crippen LogP contribution in [0.1, 0.15) is 5.69 Å². The second-order valence-corrected chi connectivity index (χ2v) is 10.3. The van der Waals surface area contributed by atoms with E-state index in [-0.39, 0.29) is 4.90 Å². The molecule has 12 heteroatoms. The lowest BCUT2D eigenvalue weighted by atomic mass is 10.3. The van der Waals surface area contributed by atoms with E-state index in [0.29, 0.717) is 41.0 Å². The maximum Gasteiger partial charge on any atom is 0.229 e. The van der Waals surface area contributed by atoms with E-state index in [0.717, 1.165) is 5.69 Å². The summed E-state index contributed by atoms with van der Waals surface area (Å²) in [5.41, 5.74) is 4.47. The summed E-state index contributed by atoms with van der Waals surface area (Å²) in [6.07, 6.45) is 4.59. The number of rotatable bonds is 7. The molecule has 0 unspecified atom stereocenters. The van der Waals surface area contributed by atoms with Gasteiger partial charge in [-0.15, -0.1) is 11.3 Å². The minimum absolute atomic E-state index is 0.245. The molecule has 0 aliphatic heterocycles. The van der Waals surface area contributed by atoms with Gasteiger partial charge in [-0.1, -0.05) is 6.07 Å². The monoisotopic (exact) mass is 492 g/mol. The molecule has 0 saturated carbocycles. The van der Waals surface area contributed by atoms with Crippen LogP contribution in [0, 0.1) is 0 Å². The summed E-state index contributed by atoms with van der Waals surface area (Å²) < 4.78 is 25.4. The van der Waals surface area contributed by atoms with Crippen molar-refractivity contribution in [3.63, 3.8) is 0 Å². The van der Waals surface area contributed by atoms with E-state index in [1.54, 1.807) is 42.3 Å². The van der Waals surface area contributed by atoms with Gasteiger partial charge in [0.1, 0.15) is 6.33 Å². The molecule has 10 nitrogen and oxygen atoms in total. The number of sulfone groups is 1. The number of nitrogens with one attached hydrogen (secondary N) is 1. The fourth-order valence-electron chi connectivity index (χ4n) is 3.37. The van der Waals surface area contributed by atoms with Crippen LogP contribution < -0.4 is 10.2 Å². The van der Waals surface area contributed by atoms with Gasteiger partial charge in [0.05, 0.1) is 22.6 Å². The Labute approximate surface area is 199 Å². The molecule has 0 aliphatic carbocycles. The lowest BCUT2D eigenvalue weighted by Gasteiger charge is -2.18.